The molecule has 2 aliphatic heterocycles. The minimum absolute atomic E-state index is 0.0107. The van der Waals surface area contributed by atoms with Gasteiger partial charge in [-0.15, -0.1) is 0 Å². The lowest BCUT2D eigenvalue weighted by atomic mass is 9.71. The largest absolute Gasteiger partial charge is 0.495 e. The van der Waals surface area contributed by atoms with Gasteiger partial charge in [0.15, 0.2) is 0 Å². The Kier molecular flexibility index (Phi) is 3.42. The first-order valence-corrected chi connectivity index (χ1v) is 7.91. The molecular formula is C17H24BNO3. The second-order valence-corrected chi connectivity index (χ2v) is 7.36. The fourth-order valence-corrected chi connectivity index (χ4v) is 3.32. The molecule has 1 aromatic rings. The Labute approximate surface area is 132 Å². The van der Waals surface area contributed by atoms with Crippen LogP contribution in [0.2, 0.25) is 0 Å². The highest BCUT2D eigenvalue weighted by atomic mass is 16.7. The van der Waals surface area contributed by atoms with E-state index in [1.807, 2.05) is 34.6 Å². The summed E-state index contributed by atoms with van der Waals surface area (Å²) in [6, 6.07) is 2.11. The van der Waals surface area contributed by atoms with Gasteiger partial charge in [-0.25, -0.2) is 0 Å². The molecule has 1 fully saturated rings. The third kappa shape index (κ3) is 2.18. The Hall–Kier alpha value is -1.33. The molecule has 1 saturated heterocycles. The third-order valence-corrected chi connectivity index (χ3v) is 5.31. The first kappa shape index (κ1) is 15.6. The summed E-state index contributed by atoms with van der Waals surface area (Å²) >= 11 is 0. The van der Waals surface area contributed by atoms with Crippen LogP contribution >= 0.6 is 0 Å². The standard InChI is InChI=1S/C17H24BNO3/c1-10-9-12-7-8-19-15(20)13(12)11(2)14(10)18-21-16(3,4)17(5,6)22-18/h9H,7-8H2,1-6H3,(H,19,20). The van der Waals surface area contributed by atoms with Crippen molar-refractivity contribution >= 4 is 18.5 Å². The molecule has 1 N–H and O–H groups in total. The van der Waals surface area contributed by atoms with E-state index in [0.29, 0.717) is 6.54 Å². The van der Waals surface area contributed by atoms with Crippen LogP contribution in [0.5, 0.6) is 0 Å². The van der Waals surface area contributed by atoms with E-state index in [9.17, 15) is 4.79 Å². The maximum Gasteiger partial charge on any atom is 0.495 e. The lowest BCUT2D eigenvalue weighted by Crippen LogP contribution is -2.42. The minimum atomic E-state index is -0.426. The van der Waals surface area contributed by atoms with Gasteiger partial charge in [-0.05, 0) is 64.6 Å². The van der Waals surface area contributed by atoms with E-state index >= 15 is 0 Å². The van der Waals surface area contributed by atoms with Crippen LogP contribution < -0.4 is 10.8 Å². The molecule has 3 rings (SSSR count). The van der Waals surface area contributed by atoms with Gasteiger partial charge in [-0.2, -0.15) is 0 Å². The average Bonchev–Trinajstić information content (AvgIpc) is 2.57. The van der Waals surface area contributed by atoms with Gasteiger partial charge in [-0.1, -0.05) is 11.6 Å². The normalized spacial score (nSPS) is 22.5. The van der Waals surface area contributed by atoms with E-state index in [1.54, 1.807) is 0 Å². The Bertz CT molecular complexity index is 636. The van der Waals surface area contributed by atoms with Crippen LogP contribution in [0.25, 0.3) is 0 Å². The molecule has 0 unspecified atom stereocenters. The number of carbonyl (C=O) groups is 1. The van der Waals surface area contributed by atoms with Crippen molar-refractivity contribution in [3.8, 4) is 0 Å². The quantitative estimate of drug-likeness (QED) is 0.806. The highest BCUT2D eigenvalue weighted by Gasteiger charge is 2.52. The van der Waals surface area contributed by atoms with Crippen molar-refractivity contribution in [3.63, 3.8) is 0 Å². The molecule has 1 aromatic carbocycles. The fraction of sp³-hybridized carbons (Fsp3) is 0.588. The van der Waals surface area contributed by atoms with Crippen LogP contribution in [0.15, 0.2) is 6.07 Å². The Balaban J connectivity index is 2.10. The smallest absolute Gasteiger partial charge is 0.399 e. The molecular weight excluding hydrogens is 277 g/mol. The van der Waals surface area contributed by atoms with Gasteiger partial charge in [0, 0.05) is 12.1 Å². The zero-order valence-electron chi connectivity index (χ0n) is 14.3. The third-order valence-electron chi connectivity index (χ3n) is 5.31. The second-order valence-electron chi connectivity index (χ2n) is 7.36. The van der Waals surface area contributed by atoms with Crippen molar-refractivity contribution in [3.05, 3.63) is 28.3 Å². The fourth-order valence-electron chi connectivity index (χ4n) is 3.32. The molecule has 1 amide bonds. The number of carbonyl (C=O) groups excluding carboxylic acids is 1. The zero-order chi connectivity index (χ0) is 16.3. The van der Waals surface area contributed by atoms with E-state index in [1.165, 1.54) is 0 Å². The van der Waals surface area contributed by atoms with Crippen molar-refractivity contribution < 1.29 is 14.1 Å². The van der Waals surface area contributed by atoms with Gasteiger partial charge in [0.25, 0.3) is 5.91 Å². The van der Waals surface area contributed by atoms with Gasteiger partial charge in [0.1, 0.15) is 0 Å². The molecule has 22 heavy (non-hydrogen) atoms. The molecule has 0 radical (unpaired) electrons. The number of aryl methyl sites for hydroxylation is 1. The van der Waals surface area contributed by atoms with E-state index in [4.69, 9.17) is 9.31 Å². The molecule has 0 saturated carbocycles. The molecule has 118 valence electrons. The zero-order valence-corrected chi connectivity index (χ0v) is 14.3. The molecule has 0 aliphatic carbocycles. The molecule has 0 aromatic heterocycles. The second kappa shape index (κ2) is 4.83. The van der Waals surface area contributed by atoms with E-state index in [2.05, 4.69) is 18.3 Å². The van der Waals surface area contributed by atoms with Crippen molar-refractivity contribution in [1.82, 2.24) is 5.32 Å². The van der Waals surface area contributed by atoms with Crippen LogP contribution in [0.3, 0.4) is 0 Å². The number of hydrogen-bond donors (Lipinski definition) is 1. The summed E-state index contributed by atoms with van der Waals surface area (Å²) < 4.78 is 12.4. The van der Waals surface area contributed by atoms with Crippen LogP contribution in [0.1, 0.15) is 54.7 Å². The topological polar surface area (TPSA) is 47.6 Å². The van der Waals surface area contributed by atoms with Crippen molar-refractivity contribution in [1.29, 1.82) is 0 Å². The van der Waals surface area contributed by atoms with Gasteiger partial charge >= 0.3 is 7.12 Å². The molecule has 2 heterocycles. The number of nitrogens with one attached hydrogen (secondary N) is 1. The predicted octanol–water partition coefficient (Wildman–Crippen LogP) is 1.89. The van der Waals surface area contributed by atoms with Gasteiger partial charge in [-0.3, -0.25) is 4.79 Å². The number of rotatable bonds is 1. The summed E-state index contributed by atoms with van der Waals surface area (Å²) in [5.41, 5.74) is 4.26. The van der Waals surface area contributed by atoms with Crippen LogP contribution in [-0.2, 0) is 15.7 Å². The lowest BCUT2D eigenvalue weighted by Gasteiger charge is -2.32. The van der Waals surface area contributed by atoms with E-state index in [-0.39, 0.29) is 17.1 Å². The van der Waals surface area contributed by atoms with Crippen molar-refractivity contribution in [2.75, 3.05) is 6.54 Å². The first-order chi connectivity index (χ1) is 10.1. The molecule has 0 spiro atoms. The van der Waals surface area contributed by atoms with Crippen LogP contribution in [0, 0.1) is 13.8 Å². The van der Waals surface area contributed by atoms with E-state index in [0.717, 1.165) is 34.1 Å². The summed E-state index contributed by atoms with van der Waals surface area (Å²) in [5, 5.41) is 2.93. The summed E-state index contributed by atoms with van der Waals surface area (Å²) in [4.78, 5) is 12.2. The molecule has 0 bridgehead atoms. The summed E-state index contributed by atoms with van der Waals surface area (Å²) in [6.45, 7) is 13.0. The number of fused-ring (bicyclic) bond motifs is 1. The van der Waals surface area contributed by atoms with Crippen LogP contribution in [-0.4, -0.2) is 30.8 Å². The van der Waals surface area contributed by atoms with Crippen molar-refractivity contribution in [2.24, 2.45) is 0 Å². The highest BCUT2D eigenvalue weighted by Crippen LogP contribution is 2.37. The highest BCUT2D eigenvalue weighted by molar-refractivity contribution is 6.63. The maximum atomic E-state index is 12.2. The van der Waals surface area contributed by atoms with Gasteiger partial charge in [0.05, 0.1) is 11.2 Å². The monoisotopic (exact) mass is 301 g/mol. The number of hydrogen-bond acceptors (Lipinski definition) is 3. The Morgan fingerprint density at radius 3 is 2.32 bits per heavy atom. The maximum absolute atomic E-state index is 12.2. The summed E-state index contributed by atoms with van der Waals surface area (Å²) in [7, 11) is -0.426. The minimum Gasteiger partial charge on any atom is -0.399 e. The Morgan fingerprint density at radius 2 is 1.73 bits per heavy atom. The van der Waals surface area contributed by atoms with E-state index < -0.39 is 7.12 Å². The first-order valence-electron chi connectivity index (χ1n) is 7.91. The average molecular weight is 301 g/mol. The van der Waals surface area contributed by atoms with Gasteiger partial charge < -0.3 is 14.6 Å². The molecule has 0 atom stereocenters. The number of amides is 1. The van der Waals surface area contributed by atoms with Crippen LogP contribution in [0.4, 0.5) is 0 Å². The molecule has 2 aliphatic rings. The number of benzene rings is 1. The Morgan fingerprint density at radius 1 is 1.14 bits per heavy atom. The van der Waals surface area contributed by atoms with Crippen molar-refractivity contribution in [2.45, 2.75) is 59.2 Å². The molecule has 5 heteroatoms. The lowest BCUT2D eigenvalue weighted by molar-refractivity contribution is 0.00578. The summed E-state index contributed by atoms with van der Waals surface area (Å²) in [6.07, 6.45) is 0.881. The molecule has 4 nitrogen and oxygen atoms in total. The van der Waals surface area contributed by atoms with Gasteiger partial charge in [0.2, 0.25) is 0 Å². The predicted molar refractivity (Wildman–Crippen MR) is 87.7 cm³/mol. The SMILES string of the molecule is Cc1cc2c(c(C)c1B1OC(C)(C)C(C)(C)O1)C(=O)NCC2. The summed E-state index contributed by atoms with van der Waals surface area (Å²) in [5.74, 6) is 0.0107.